The molecule has 2 rings (SSSR count). The lowest BCUT2D eigenvalue weighted by molar-refractivity contribution is 0.250. The van der Waals surface area contributed by atoms with E-state index in [4.69, 9.17) is 0 Å². The number of nitrogens with zero attached hydrogens (tertiary/aromatic N) is 1. The van der Waals surface area contributed by atoms with Gasteiger partial charge in [-0.1, -0.05) is 56.3 Å². The van der Waals surface area contributed by atoms with Crippen molar-refractivity contribution in [3.63, 3.8) is 0 Å². The molecule has 0 aliphatic heterocycles. The van der Waals surface area contributed by atoms with Gasteiger partial charge in [-0.2, -0.15) is 0 Å². The molecule has 0 bridgehead atoms. The number of hydrogen-bond donors (Lipinski definition) is 2. The highest BCUT2D eigenvalue weighted by molar-refractivity contribution is 5.89. The molecule has 4 heteroatoms. The van der Waals surface area contributed by atoms with Crippen molar-refractivity contribution in [1.29, 1.82) is 0 Å². The van der Waals surface area contributed by atoms with Crippen LogP contribution < -0.4 is 10.6 Å². The molecular formula is C20H27N3O. The van der Waals surface area contributed by atoms with Crippen LogP contribution in [0.2, 0.25) is 0 Å². The fourth-order valence-electron chi connectivity index (χ4n) is 2.60. The zero-order valence-corrected chi connectivity index (χ0v) is 14.6. The number of amides is 2. The number of benzene rings is 2. The van der Waals surface area contributed by atoms with Crippen LogP contribution in [-0.4, -0.2) is 37.1 Å². The largest absolute Gasteiger partial charge is 0.338 e. The summed E-state index contributed by atoms with van der Waals surface area (Å²) in [6.07, 6.45) is 0.960. The third-order valence-electron chi connectivity index (χ3n) is 4.08. The van der Waals surface area contributed by atoms with E-state index < -0.39 is 0 Å². The molecule has 0 heterocycles. The number of carbonyl (C=O) groups excluding carboxylic acids is 1. The molecule has 0 radical (unpaired) electrons. The van der Waals surface area contributed by atoms with Gasteiger partial charge in [-0.05, 0) is 49.3 Å². The highest BCUT2D eigenvalue weighted by Gasteiger charge is 2.03. The summed E-state index contributed by atoms with van der Waals surface area (Å²) in [5.74, 6) is 0. The third kappa shape index (κ3) is 5.70. The van der Waals surface area contributed by atoms with Crippen molar-refractivity contribution in [2.45, 2.75) is 20.3 Å². The van der Waals surface area contributed by atoms with Crippen LogP contribution >= 0.6 is 0 Å². The fourth-order valence-corrected chi connectivity index (χ4v) is 2.60. The zero-order valence-electron chi connectivity index (χ0n) is 14.6. The quantitative estimate of drug-likeness (QED) is 0.714. The molecule has 0 spiro atoms. The van der Waals surface area contributed by atoms with Crippen LogP contribution in [0.1, 0.15) is 20.3 Å². The Bertz CT molecular complexity index is 607. The number of carbonyl (C=O) groups is 1. The highest BCUT2D eigenvalue weighted by Crippen LogP contribution is 2.20. The summed E-state index contributed by atoms with van der Waals surface area (Å²) in [4.78, 5) is 14.3. The van der Waals surface area contributed by atoms with E-state index in [-0.39, 0.29) is 6.03 Å². The Labute approximate surface area is 144 Å². The first kappa shape index (κ1) is 18.0. The zero-order chi connectivity index (χ0) is 17.2. The third-order valence-corrected chi connectivity index (χ3v) is 4.08. The molecule has 24 heavy (non-hydrogen) atoms. The first-order valence-electron chi connectivity index (χ1n) is 8.65. The van der Waals surface area contributed by atoms with Crippen LogP contribution in [-0.2, 0) is 0 Å². The standard InChI is InChI=1S/C20H27N3O/c1-3-23(4-2)16-8-15-21-20(24)22-19-13-11-18(12-14-19)17-9-6-5-7-10-17/h5-7,9-14H,3-4,8,15-16H2,1-2H3,(H2,21,22,24). The maximum absolute atomic E-state index is 11.9. The Kier molecular flexibility index (Phi) is 7.30. The molecule has 0 saturated carbocycles. The van der Waals surface area contributed by atoms with Gasteiger partial charge in [0, 0.05) is 12.2 Å². The minimum Gasteiger partial charge on any atom is -0.338 e. The van der Waals surface area contributed by atoms with Gasteiger partial charge in [0.05, 0.1) is 0 Å². The second-order valence-corrected chi connectivity index (χ2v) is 5.70. The fraction of sp³-hybridized carbons (Fsp3) is 0.350. The number of urea groups is 1. The normalized spacial score (nSPS) is 10.6. The Morgan fingerprint density at radius 1 is 0.917 bits per heavy atom. The van der Waals surface area contributed by atoms with Gasteiger partial charge < -0.3 is 15.5 Å². The molecule has 4 nitrogen and oxygen atoms in total. The second-order valence-electron chi connectivity index (χ2n) is 5.70. The van der Waals surface area contributed by atoms with E-state index in [1.54, 1.807) is 0 Å². The predicted octanol–water partition coefficient (Wildman–Crippen LogP) is 4.21. The van der Waals surface area contributed by atoms with Crippen molar-refractivity contribution < 1.29 is 4.79 Å². The van der Waals surface area contributed by atoms with Crippen molar-refractivity contribution in [1.82, 2.24) is 10.2 Å². The predicted molar refractivity (Wildman–Crippen MR) is 101 cm³/mol. The lowest BCUT2D eigenvalue weighted by Crippen LogP contribution is -2.32. The topological polar surface area (TPSA) is 44.4 Å². The molecule has 0 saturated heterocycles. The molecule has 0 aliphatic carbocycles. The molecule has 2 N–H and O–H groups in total. The SMILES string of the molecule is CCN(CC)CCCNC(=O)Nc1ccc(-c2ccccc2)cc1. The molecule has 2 aromatic carbocycles. The van der Waals surface area contributed by atoms with E-state index in [1.165, 1.54) is 5.56 Å². The van der Waals surface area contributed by atoms with Gasteiger partial charge in [-0.25, -0.2) is 4.79 Å². The average Bonchev–Trinajstić information content (AvgIpc) is 2.63. The smallest absolute Gasteiger partial charge is 0.319 e. The van der Waals surface area contributed by atoms with Crippen molar-refractivity contribution in [2.75, 3.05) is 31.5 Å². The van der Waals surface area contributed by atoms with Crippen LogP contribution in [0.25, 0.3) is 11.1 Å². The van der Waals surface area contributed by atoms with Crippen molar-refractivity contribution in [3.8, 4) is 11.1 Å². The molecule has 2 aromatic rings. The Balaban J connectivity index is 1.76. The van der Waals surface area contributed by atoms with Gasteiger partial charge in [0.15, 0.2) is 0 Å². The average molecular weight is 325 g/mol. The molecule has 2 amide bonds. The van der Waals surface area contributed by atoms with Gasteiger partial charge >= 0.3 is 6.03 Å². The molecule has 0 aliphatic rings. The summed E-state index contributed by atoms with van der Waals surface area (Å²) in [6, 6.07) is 17.9. The van der Waals surface area contributed by atoms with E-state index in [9.17, 15) is 4.79 Å². The molecule has 128 valence electrons. The van der Waals surface area contributed by atoms with Gasteiger partial charge in [0.1, 0.15) is 0 Å². The summed E-state index contributed by atoms with van der Waals surface area (Å²) < 4.78 is 0. The van der Waals surface area contributed by atoms with E-state index in [1.807, 2.05) is 42.5 Å². The lowest BCUT2D eigenvalue weighted by Gasteiger charge is -2.17. The van der Waals surface area contributed by atoms with E-state index >= 15 is 0 Å². The first-order chi connectivity index (χ1) is 11.7. The van der Waals surface area contributed by atoms with Gasteiger partial charge in [-0.15, -0.1) is 0 Å². The Morgan fingerprint density at radius 2 is 1.54 bits per heavy atom. The van der Waals surface area contributed by atoms with E-state index in [0.29, 0.717) is 6.54 Å². The summed E-state index contributed by atoms with van der Waals surface area (Å²) in [6.45, 7) is 8.11. The van der Waals surface area contributed by atoms with Crippen LogP contribution in [0.15, 0.2) is 54.6 Å². The molecular weight excluding hydrogens is 298 g/mol. The van der Waals surface area contributed by atoms with E-state index in [2.05, 4.69) is 41.5 Å². The molecule has 0 unspecified atom stereocenters. The van der Waals surface area contributed by atoms with E-state index in [0.717, 1.165) is 37.3 Å². The summed E-state index contributed by atoms with van der Waals surface area (Å²) in [5.41, 5.74) is 3.11. The summed E-state index contributed by atoms with van der Waals surface area (Å²) >= 11 is 0. The number of hydrogen-bond acceptors (Lipinski definition) is 2. The van der Waals surface area contributed by atoms with Crippen LogP contribution in [0.4, 0.5) is 10.5 Å². The van der Waals surface area contributed by atoms with Crippen LogP contribution in [0, 0.1) is 0 Å². The van der Waals surface area contributed by atoms with Crippen molar-refractivity contribution in [3.05, 3.63) is 54.6 Å². The number of nitrogens with one attached hydrogen (secondary N) is 2. The van der Waals surface area contributed by atoms with Crippen molar-refractivity contribution >= 4 is 11.7 Å². The Hall–Kier alpha value is -2.33. The maximum Gasteiger partial charge on any atom is 0.319 e. The number of anilines is 1. The second kappa shape index (κ2) is 9.73. The molecule has 0 fully saturated rings. The highest BCUT2D eigenvalue weighted by atomic mass is 16.2. The van der Waals surface area contributed by atoms with Crippen molar-refractivity contribution in [2.24, 2.45) is 0 Å². The summed E-state index contributed by atoms with van der Waals surface area (Å²) in [7, 11) is 0. The van der Waals surface area contributed by atoms with Crippen LogP contribution in [0.5, 0.6) is 0 Å². The lowest BCUT2D eigenvalue weighted by atomic mass is 10.1. The monoisotopic (exact) mass is 325 g/mol. The Morgan fingerprint density at radius 3 is 2.17 bits per heavy atom. The maximum atomic E-state index is 11.9. The van der Waals surface area contributed by atoms with Gasteiger partial charge in [0.25, 0.3) is 0 Å². The molecule has 0 aromatic heterocycles. The number of rotatable bonds is 8. The minimum atomic E-state index is -0.151. The van der Waals surface area contributed by atoms with Gasteiger partial charge in [0.2, 0.25) is 0 Å². The molecule has 0 atom stereocenters. The minimum absolute atomic E-state index is 0.151. The summed E-state index contributed by atoms with van der Waals surface area (Å²) in [5, 5.41) is 5.78. The van der Waals surface area contributed by atoms with Gasteiger partial charge in [-0.3, -0.25) is 0 Å². The first-order valence-corrected chi connectivity index (χ1v) is 8.65. The van der Waals surface area contributed by atoms with Crippen LogP contribution in [0.3, 0.4) is 0 Å².